The fourth-order valence-corrected chi connectivity index (χ4v) is 1.64. The lowest BCUT2D eigenvalue weighted by atomic mass is 10.1. The van der Waals surface area contributed by atoms with Gasteiger partial charge in [0.15, 0.2) is 0 Å². The highest BCUT2D eigenvalue weighted by atomic mass is 16.3. The summed E-state index contributed by atoms with van der Waals surface area (Å²) >= 11 is 0. The first-order valence-corrected chi connectivity index (χ1v) is 5.83. The quantitative estimate of drug-likeness (QED) is 0.778. The van der Waals surface area contributed by atoms with Crippen LogP contribution in [0.15, 0.2) is 18.2 Å². The number of aromatic nitrogens is 1. The molecule has 0 fully saturated rings. The fourth-order valence-electron chi connectivity index (χ4n) is 1.64. The Morgan fingerprint density at radius 2 is 2.13 bits per heavy atom. The molecule has 2 heteroatoms. The van der Waals surface area contributed by atoms with E-state index < -0.39 is 0 Å². The molecule has 1 heterocycles. The molecule has 0 aliphatic heterocycles. The van der Waals surface area contributed by atoms with E-state index in [4.69, 9.17) is 0 Å². The molecule has 0 amide bonds. The lowest BCUT2D eigenvalue weighted by Gasteiger charge is -2.09. The molecule has 0 aliphatic rings. The third-order valence-electron chi connectivity index (χ3n) is 2.57. The van der Waals surface area contributed by atoms with E-state index in [0.29, 0.717) is 0 Å². The number of aliphatic hydroxyl groups excluding tert-OH is 1. The van der Waals surface area contributed by atoms with Crippen molar-refractivity contribution in [3.63, 3.8) is 0 Å². The second-order valence-corrected chi connectivity index (χ2v) is 4.11. The first-order chi connectivity index (χ1) is 7.22. The number of hydrogen-bond donors (Lipinski definition) is 1. The van der Waals surface area contributed by atoms with Gasteiger partial charge < -0.3 is 5.11 Å². The van der Waals surface area contributed by atoms with Crippen LogP contribution in [0.5, 0.6) is 0 Å². The molecule has 1 rings (SSSR count). The van der Waals surface area contributed by atoms with Gasteiger partial charge in [-0.1, -0.05) is 25.8 Å². The van der Waals surface area contributed by atoms with E-state index in [1.54, 1.807) is 0 Å². The van der Waals surface area contributed by atoms with E-state index in [1.807, 2.05) is 25.1 Å². The van der Waals surface area contributed by atoms with Crippen LogP contribution in [0.2, 0.25) is 0 Å². The van der Waals surface area contributed by atoms with Crippen LogP contribution in [0.4, 0.5) is 0 Å². The van der Waals surface area contributed by atoms with Gasteiger partial charge in [0.25, 0.3) is 0 Å². The minimum Gasteiger partial charge on any atom is -0.393 e. The molecular weight excluding hydrogens is 186 g/mol. The molecule has 0 saturated heterocycles. The molecule has 0 aromatic carbocycles. The Kier molecular flexibility index (Phi) is 5.33. The van der Waals surface area contributed by atoms with Gasteiger partial charge in [-0.05, 0) is 38.3 Å². The van der Waals surface area contributed by atoms with E-state index >= 15 is 0 Å². The van der Waals surface area contributed by atoms with Crippen molar-refractivity contribution in [1.82, 2.24) is 4.98 Å². The zero-order valence-electron chi connectivity index (χ0n) is 9.74. The highest BCUT2D eigenvalue weighted by Crippen LogP contribution is 2.08. The summed E-state index contributed by atoms with van der Waals surface area (Å²) in [5.74, 6) is 0. The van der Waals surface area contributed by atoms with Gasteiger partial charge in [-0.15, -0.1) is 0 Å². The van der Waals surface area contributed by atoms with E-state index in [0.717, 1.165) is 43.5 Å². The monoisotopic (exact) mass is 207 g/mol. The van der Waals surface area contributed by atoms with Gasteiger partial charge in [0.05, 0.1) is 6.10 Å². The smallest absolute Gasteiger partial charge is 0.0544 e. The third kappa shape index (κ3) is 4.93. The molecule has 1 aromatic heterocycles. The molecule has 0 aliphatic carbocycles. The second-order valence-electron chi connectivity index (χ2n) is 4.11. The molecule has 15 heavy (non-hydrogen) atoms. The van der Waals surface area contributed by atoms with Crippen LogP contribution in [0.25, 0.3) is 0 Å². The van der Waals surface area contributed by atoms with Crippen LogP contribution < -0.4 is 0 Å². The van der Waals surface area contributed by atoms with Crippen LogP contribution in [0.1, 0.15) is 44.0 Å². The van der Waals surface area contributed by atoms with Crippen molar-refractivity contribution in [2.75, 3.05) is 0 Å². The lowest BCUT2D eigenvalue weighted by Crippen LogP contribution is -2.08. The minimum atomic E-state index is -0.160. The summed E-state index contributed by atoms with van der Waals surface area (Å²) in [5, 5.41) is 9.68. The van der Waals surface area contributed by atoms with Crippen molar-refractivity contribution in [1.29, 1.82) is 0 Å². The Labute approximate surface area is 92.4 Å². The average molecular weight is 207 g/mol. The van der Waals surface area contributed by atoms with E-state index in [9.17, 15) is 5.11 Å². The number of pyridine rings is 1. The maximum atomic E-state index is 9.68. The minimum absolute atomic E-state index is 0.160. The van der Waals surface area contributed by atoms with E-state index in [1.165, 1.54) is 0 Å². The van der Waals surface area contributed by atoms with Gasteiger partial charge in [-0.2, -0.15) is 0 Å². The average Bonchev–Trinajstić information content (AvgIpc) is 2.23. The van der Waals surface area contributed by atoms with Crippen LogP contribution in [0, 0.1) is 6.92 Å². The summed E-state index contributed by atoms with van der Waals surface area (Å²) in [6, 6.07) is 6.05. The molecule has 2 nitrogen and oxygen atoms in total. The molecule has 0 spiro atoms. The van der Waals surface area contributed by atoms with Gasteiger partial charge in [-0.25, -0.2) is 0 Å². The van der Waals surface area contributed by atoms with E-state index in [-0.39, 0.29) is 6.10 Å². The Balaban J connectivity index is 2.30. The predicted molar refractivity (Wildman–Crippen MR) is 62.8 cm³/mol. The van der Waals surface area contributed by atoms with Crippen LogP contribution >= 0.6 is 0 Å². The summed E-state index contributed by atoms with van der Waals surface area (Å²) in [7, 11) is 0. The first kappa shape index (κ1) is 12.2. The van der Waals surface area contributed by atoms with Crippen LogP contribution in [0.3, 0.4) is 0 Å². The van der Waals surface area contributed by atoms with Gasteiger partial charge >= 0.3 is 0 Å². The summed E-state index contributed by atoms with van der Waals surface area (Å²) in [4.78, 5) is 4.41. The zero-order valence-corrected chi connectivity index (χ0v) is 9.74. The Morgan fingerprint density at radius 3 is 2.80 bits per heavy atom. The molecular formula is C13H21NO. The number of hydrogen-bond acceptors (Lipinski definition) is 2. The highest BCUT2D eigenvalue weighted by molar-refractivity contribution is 5.09. The molecule has 0 bridgehead atoms. The van der Waals surface area contributed by atoms with Crippen molar-refractivity contribution >= 4 is 0 Å². The summed E-state index contributed by atoms with van der Waals surface area (Å²) in [6.07, 6.45) is 4.74. The standard InChI is InChI=1S/C13H21NO/c1-3-4-8-13(15)10-9-12-7-5-6-11(2)14-12/h5-7,13,15H,3-4,8-10H2,1-2H3. The maximum Gasteiger partial charge on any atom is 0.0544 e. The van der Waals surface area contributed by atoms with Gasteiger partial charge in [0, 0.05) is 11.4 Å². The van der Waals surface area contributed by atoms with Crippen molar-refractivity contribution in [3.8, 4) is 0 Å². The molecule has 0 saturated carbocycles. The molecule has 0 radical (unpaired) electrons. The van der Waals surface area contributed by atoms with Crippen molar-refractivity contribution in [2.45, 2.75) is 52.1 Å². The molecule has 1 unspecified atom stereocenters. The summed E-state index contributed by atoms with van der Waals surface area (Å²) in [5.41, 5.74) is 2.14. The number of aryl methyl sites for hydroxylation is 2. The Morgan fingerprint density at radius 1 is 1.33 bits per heavy atom. The first-order valence-electron chi connectivity index (χ1n) is 5.83. The van der Waals surface area contributed by atoms with Crippen molar-refractivity contribution in [2.24, 2.45) is 0 Å². The summed E-state index contributed by atoms with van der Waals surface area (Å²) in [6.45, 7) is 4.14. The Hall–Kier alpha value is -0.890. The van der Waals surface area contributed by atoms with Crippen molar-refractivity contribution < 1.29 is 5.11 Å². The maximum absolute atomic E-state index is 9.68. The summed E-state index contributed by atoms with van der Waals surface area (Å²) < 4.78 is 0. The van der Waals surface area contributed by atoms with Crippen LogP contribution in [-0.4, -0.2) is 16.2 Å². The largest absolute Gasteiger partial charge is 0.393 e. The fraction of sp³-hybridized carbons (Fsp3) is 0.615. The molecule has 1 N–H and O–H groups in total. The normalized spacial score (nSPS) is 12.7. The molecule has 1 aromatic rings. The van der Waals surface area contributed by atoms with Gasteiger partial charge in [0.2, 0.25) is 0 Å². The SMILES string of the molecule is CCCCC(O)CCc1cccc(C)n1. The number of aliphatic hydroxyl groups is 1. The zero-order chi connectivity index (χ0) is 11.1. The van der Waals surface area contributed by atoms with E-state index in [2.05, 4.69) is 11.9 Å². The van der Waals surface area contributed by atoms with Gasteiger partial charge in [-0.3, -0.25) is 4.98 Å². The van der Waals surface area contributed by atoms with Gasteiger partial charge in [0.1, 0.15) is 0 Å². The second kappa shape index (κ2) is 6.57. The number of unbranched alkanes of at least 4 members (excludes halogenated alkanes) is 1. The molecule has 1 atom stereocenters. The topological polar surface area (TPSA) is 33.1 Å². The third-order valence-corrected chi connectivity index (χ3v) is 2.57. The number of nitrogens with zero attached hydrogens (tertiary/aromatic N) is 1. The van der Waals surface area contributed by atoms with Crippen LogP contribution in [-0.2, 0) is 6.42 Å². The predicted octanol–water partition coefficient (Wildman–Crippen LogP) is 2.87. The lowest BCUT2D eigenvalue weighted by molar-refractivity contribution is 0.151. The van der Waals surface area contributed by atoms with Crippen molar-refractivity contribution in [3.05, 3.63) is 29.6 Å². The molecule has 84 valence electrons. The highest BCUT2D eigenvalue weighted by Gasteiger charge is 2.04. The Bertz CT molecular complexity index is 286. The number of rotatable bonds is 6.